The standard InChI is InChI=1S/C29H36N2O4/c1-4-6-9-17-31-18-16-24-21-23(14-15-26(24)31)22(3)20-28(32)30-25-11-7-8-12-27(25)35-19-10-13-29(33)34-5-2/h7-8,11-12,14-16,18,20-21H,4-6,9-10,13,17,19H2,1-3H3,(H,30,32)/b22-20+. The van der Waals surface area contributed by atoms with E-state index in [1.165, 1.54) is 30.2 Å². The second-order valence-corrected chi connectivity index (χ2v) is 8.56. The number of carbonyl (C=O) groups is 2. The SMILES string of the molecule is CCCCCn1ccc2cc(/C(C)=C/C(=O)Nc3ccccc3OCCCC(=O)OCC)ccc21. The van der Waals surface area contributed by atoms with Gasteiger partial charge in [0.1, 0.15) is 5.75 Å². The molecule has 0 aliphatic carbocycles. The van der Waals surface area contributed by atoms with Crippen molar-refractivity contribution in [2.45, 2.75) is 59.4 Å². The lowest BCUT2D eigenvalue weighted by Crippen LogP contribution is -2.11. The molecule has 2 aromatic carbocycles. The number of rotatable bonds is 13. The number of para-hydroxylation sites is 2. The number of benzene rings is 2. The number of fused-ring (bicyclic) bond motifs is 1. The molecule has 0 spiro atoms. The quantitative estimate of drug-likeness (QED) is 0.171. The van der Waals surface area contributed by atoms with Gasteiger partial charge in [0.05, 0.1) is 18.9 Å². The molecule has 0 saturated carbocycles. The van der Waals surface area contributed by atoms with Crippen molar-refractivity contribution in [3.63, 3.8) is 0 Å². The van der Waals surface area contributed by atoms with Crippen LogP contribution in [0.5, 0.6) is 5.75 Å². The summed E-state index contributed by atoms with van der Waals surface area (Å²) in [5.74, 6) is 0.119. The van der Waals surface area contributed by atoms with E-state index in [-0.39, 0.29) is 11.9 Å². The second-order valence-electron chi connectivity index (χ2n) is 8.56. The van der Waals surface area contributed by atoms with Crippen LogP contribution in [0.25, 0.3) is 16.5 Å². The van der Waals surface area contributed by atoms with E-state index in [2.05, 4.69) is 47.3 Å². The Morgan fingerprint density at radius 1 is 1.03 bits per heavy atom. The van der Waals surface area contributed by atoms with E-state index in [9.17, 15) is 9.59 Å². The molecule has 1 aromatic heterocycles. The van der Waals surface area contributed by atoms with E-state index in [0.717, 1.165) is 17.7 Å². The molecule has 0 aliphatic heterocycles. The predicted octanol–water partition coefficient (Wildman–Crippen LogP) is 6.60. The summed E-state index contributed by atoms with van der Waals surface area (Å²) in [6.07, 6.45) is 8.21. The van der Waals surface area contributed by atoms with Gasteiger partial charge in [-0.3, -0.25) is 9.59 Å². The third kappa shape index (κ3) is 7.74. The largest absolute Gasteiger partial charge is 0.491 e. The first-order valence-corrected chi connectivity index (χ1v) is 12.5. The minimum atomic E-state index is -0.232. The predicted molar refractivity (Wildman–Crippen MR) is 142 cm³/mol. The van der Waals surface area contributed by atoms with Crippen molar-refractivity contribution in [2.75, 3.05) is 18.5 Å². The Bertz CT molecular complexity index is 1160. The zero-order valence-electron chi connectivity index (χ0n) is 21.0. The van der Waals surface area contributed by atoms with Crippen molar-refractivity contribution >= 4 is 34.0 Å². The smallest absolute Gasteiger partial charge is 0.305 e. The number of ether oxygens (including phenoxy) is 2. The number of carbonyl (C=O) groups excluding carboxylic acids is 2. The van der Waals surface area contributed by atoms with Crippen LogP contribution in [-0.2, 0) is 20.9 Å². The van der Waals surface area contributed by atoms with Crippen molar-refractivity contribution in [2.24, 2.45) is 0 Å². The van der Waals surface area contributed by atoms with Gasteiger partial charge in [-0.05, 0) is 68.2 Å². The van der Waals surface area contributed by atoms with Crippen LogP contribution in [0.1, 0.15) is 58.4 Å². The topological polar surface area (TPSA) is 69.6 Å². The Balaban J connectivity index is 1.61. The average molecular weight is 477 g/mol. The fraction of sp³-hybridized carbons (Fsp3) is 0.379. The highest BCUT2D eigenvalue weighted by Gasteiger charge is 2.09. The number of unbranched alkanes of at least 4 members (excludes halogenated alkanes) is 2. The summed E-state index contributed by atoms with van der Waals surface area (Å²) in [7, 11) is 0. The number of aromatic nitrogens is 1. The second kappa shape index (κ2) is 13.4. The van der Waals surface area contributed by atoms with Gasteiger partial charge in [0, 0.05) is 36.1 Å². The molecule has 1 amide bonds. The molecular formula is C29H36N2O4. The van der Waals surface area contributed by atoms with E-state index >= 15 is 0 Å². The Labute approximate surface area is 207 Å². The van der Waals surface area contributed by atoms with E-state index < -0.39 is 0 Å². The van der Waals surface area contributed by atoms with Crippen LogP contribution < -0.4 is 10.1 Å². The Morgan fingerprint density at radius 2 is 1.86 bits per heavy atom. The number of aryl methyl sites for hydroxylation is 1. The van der Waals surface area contributed by atoms with Crippen LogP contribution in [0, 0.1) is 0 Å². The van der Waals surface area contributed by atoms with Gasteiger partial charge < -0.3 is 19.4 Å². The fourth-order valence-electron chi connectivity index (χ4n) is 3.95. The molecule has 1 N–H and O–H groups in total. The third-order valence-corrected chi connectivity index (χ3v) is 5.81. The molecule has 0 atom stereocenters. The fourth-order valence-corrected chi connectivity index (χ4v) is 3.95. The highest BCUT2D eigenvalue weighted by Crippen LogP contribution is 2.26. The van der Waals surface area contributed by atoms with Crippen LogP contribution in [0.3, 0.4) is 0 Å². The summed E-state index contributed by atoms with van der Waals surface area (Å²) in [6, 6.07) is 15.8. The van der Waals surface area contributed by atoms with E-state index in [0.29, 0.717) is 37.5 Å². The van der Waals surface area contributed by atoms with Gasteiger partial charge in [-0.2, -0.15) is 0 Å². The molecule has 0 unspecified atom stereocenters. The normalized spacial score (nSPS) is 11.5. The average Bonchev–Trinajstić information content (AvgIpc) is 3.25. The Morgan fingerprint density at radius 3 is 2.66 bits per heavy atom. The molecular weight excluding hydrogens is 440 g/mol. The van der Waals surface area contributed by atoms with Crippen molar-refractivity contribution in [1.82, 2.24) is 4.57 Å². The Hall–Kier alpha value is -3.54. The molecule has 6 heteroatoms. The van der Waals surface area contributed by atoms with Crippen LogP contribution in [0.4, 0.5) is 5.69 Å². The molecule has 0 fully saturated rings. The number of nitrogens with one attached hydrogen (secondary N) is 1. The number of nitrogens with zero attached hydrogens (tertiary/aromatic N) is 1. The Kier molecular flexibility index (Phi) is 9.96. The van der Waals surface area contributed by atoms with E-state index in [4.69, 9.17) is 9.47 Å². The van der Waals surface area contributed by atoms with Crippen molar-refractivity contribution in [1.29, 1.82) is 0 Å². The summed E-state index contributed by atoms with van der Waals surface area (Å²) >= 11 is 0. The van der Waals surface area contributed by atoms with Crippen LogP contribution >= 0.6 is 0 Å². The first kappa shape index (κ1) is 26.1. The molecule has 1 heterocycles. The lowest BCUT2D eigenvalue weighted by molar-refractivity contribution is -0.143. The zero-order chi connectivity index (χ0) is 25.0. The molecule has 6 nitrogen and oxygen atoms in total. The highest BCUT2D eigenvalue weighted by molar-refractivity contribution is 6.04. The molecule has 3 rings (SSSR count). The molecule has 0 bridgehead atoms. The first-order valence-electron chi connectivity index (χ1n) is 12.5. The van der Waals surface area contributed by atoms with E-state index in [1.807, 2.05) is 19.1 Å². The summed E-state index contributed by atoms with van der Waals surface area (Å²) < 4.78 is 13.0. The lowest BCUT2D eigenvalue weighted by Gasteiger charge is -2.12. The number of allylic oxidation sites excluding steroid dienone is 1. The minimum Gasteiger partial charge on any atom is -0.491 e. The third-order valence-electron chi connectivity index (χ3n) is 5.81. The maximum absolute atomic E-state index is 12.7. The number of anilines is 1. The number of hydrogen-bond donors (Lipinski definition) is 1. The van der Waals surface area contributed by atoms with Gasteiger partial charge in [-0.1, -0.05) is 38.0 Å². The maximum atomic E-state index is 12.7. The highest BCUT2D eigenvalue weighted by atomic mass is 16.5. The lowest BCUT2D eigenvalue weighted by atomic mass is 10.0. The van der Waals surface area contributed by atoms with Crippen LogP contribution in [0.15, 0.2) is 60.8 Å². The number of hydrogen-bond acceptors (Lipinski definition) is 4. The number of esters is 1. The summed E-state index contributed by atoms with van der Waals surface area (Å²) in [5.41, 5.74) is 3.71. The van der Waals surface area contributed by atoms with Gasteiger partial charge in [0.15, 0.2) is 0 Å². The van der Waals surface area contributed by atoms with Crippen LogP contribution in [0.2, 0.25) is 0 Å². The zero-order valence-corrected chi connectivity index (χ0v) is 21.0. The van der Waals surface area contributed by atoms with Gasteiger partial charge in [0.2, 0.25) is 5.91 Å². The summed E-state index contributed by atoms with van der Waals surface area (Å²) in [6.45, 7) is 7.70. The molecule has 35 heavy (non-hydrogen) atoms. The first-order chi connectivity index (χ1) is 17.0. The molecule has 0 saturated heterocycles. The van der Waals surface area contributed by atoms with Gasteiger partial charge >= 0.3 is 5.97 Å². The summed E-state index contributed by atoms with van der Waals surface area (Å²) in [5, 5.41) is 4.09. The maximum Gasteiger partial charge on any atom is 0.305 e. The monoisotopic (exact) mass is 476 g/mol. The van der Waals surface area contributed by atoms with Crippen molar-refractivity contribution < 1.29 is 19.1 Å². The van der Waals surface area contributed by atoms with Gasteiger partial charge in [-0.15, -0.1) is 0 Å². The van der Waals surface area contributed by atoms with Gasteiger partial charge in [-0.25, -0.2) is 0 Å². The van der Waals surface area contributed by atoms with Crippen molar-refractivity contribution in [3.8, 4) is 5.75 Å². The number of amides is 1. The molecule has 186 valence electrons. The molecule has 0 aliphatic rings. The van der Waals surface area contributed by atoms with E-state index in [1.54, 1.807) is 25.1 Å². The molecule has 0 radical (unpaired) electrons. The van der Waals surface area contributed by atoms with Crippen molar-refractivity contribution in [3.05, 3.63) is 66.4 Å². The molecule has 3 aromatic rings. The van der Waals surface area contributed by atoms with Crippen LogP contribution in [-0.4, -0.2) is 29.7 Å². The summed E-state index contributed by atoms with van der Waals surface area (Å²) in [4.78, 5) is 24.2. The van der Waals surface area contributed by atoms with Gasteiger partial charge in [0.25, 0.3) is 0 Å². The minimum absolute atomic E-state index is 0.220.